The highest BCUT2D eigenvalue weighted by Crippen LogP contribution is 2.19. The second-order valence-electron chi connectivity index (χ2n) is 4.79. The summed E-state index contributed by atoms with van der Waals surface area (Å²) in [5, 5.41) is 3.23. The Bertz CT molecular complexity index is 540. The Balaban J connectivity index is 2.01. The van der Waals surface area contributed by atoms with E-state index in [0.717, 1.165) is 24.3 Å². The molecule has 106 valence electrons. The molecule has 0 radical (unpaired) electrons. The van der Waals surface area contributed by atoms with Gasteiger partial charge in [0.1, 0.15) is 11.6 Å². The van der Waals surface area contributed by atoms with Crippen molar-refractivity contribution in [3.63, 3.8) is 0 Å². The number of hydrogen-bond donors (Lipinski definition) is 1. The van der Waals surface area contributed by atoms with Crippen LogP contribution in [0.5, 0.6) is 0 Å². The minimum Gasteiger partial charge on any atom is -0.370 e. The van der Waals surface area contributed by atoms with Gasteiger partial charge in [0.2, 0.25) is 0 Å². The Morgan fingerprint density at radius 2 is 2.00 bits per heavy atom. The topological polar surface area (TPSA) is 28.2 Å². The standard InChI is InChI=1S/C16H20FN3/c1-3-10-18-16-9-8-13(11-19-16)12-20(2)15-7-5-4-6-14(15)17/h4-9,11H,3,10,12H2,1-2H3,(H,18,19). The number of benzene rings is 1. The molecule has 1 heterocycles. The quantitative estimate of drug-likeness (QED) is 0.870. The third kappa shape index (κ3) is 3.70. The molecule has 0 unspecified atom stereocenters. The summed E-state index contributed by atoms with van der Waals surface area (Å²) in [6.07, 6.45) is 2.90. The average molecular weight is 273 g/mol. The van der Waals surface area contributed by atoms with Gasteiger partial charge in [0.05, 0.1) is 5.69 Å². The van der Waals surface area contributed by atoms with Crippen LogP contribution in [-0.2, 0) is 6.54 Å². The highest BCUT2D eigenvalue weighted by molar-refractivity contribution is 5.47. The molecule has 0 aliphatic carbocycles. The minimum absolute atomic E-state index is 0.204. The smallest absolute Gasteiger partial charge is 0.146 e. The second kappa shape index (κ2) is 6.89. The fourth-order valence-electron chi connectivity index (χ4n) is 2.00. The summed E-state index contributed by atoms with van der Waals surface area (Å²) in [5.74, 6) is 0.674. The summed E-state index contributed by atoms with van der Waals surface area (Å²) in [7, 11) is 1.88. The lowest BCUT2D eigenvalue weighted by Crippen LogP contribution is -2.17. The molecule has 0 saturated carbocycles. The molecule has 0 aliphatic rings. The molecular formula is C16H20FN3. The SMILES string of the molecule is CCCNc1ccc(CN(C)c2ccccc2F)cn1. The first-order valence-electron chi connectivity index (χ1n) is 6.85. The van der Waals surface area contributed by atoms with Crippen molar-refractivity contribution in [3.8, 4) is 0 Å². The number of aromatic nitrogens is 1. The molecule has 0 amide bonds. The number of rotatable bonds is 6. The molecule has 0 bridgehead atoms. The van der Waals surface area contributed by atoms with Crippen molar-refractivity contribution in [2.24, 2.45) is 0 Å². The maximum absolute atomic E-state index is 13.7. The van der Waals surface area contributed by atoms with E-state index in [4.69, 9.17) is 0 Å². The van der Waals surface area contributed by atoms with E-state index in [9.17, 15) is 4.39 Å². The lowest BCUT2D eigenvalue weighted by Gasteiger charge is -2.19. The van der Waals surface area contributed by atoms with Crippen LogP contribution in [0.4, 0.5) is 15.9 Å². The molecule has 0 spiro atoms. The van der Waals surface area contributed by atoms with Crippen LogP contribution in [0.2, 0.25) is 0 Å². The molecule has 4 heteroatoms. The molecule has 1 aromatic heterocycles. The van der Waals surface area contributed by atoms with Crippen LogP contribution in [0.25, 0.3) is 0 Å². The van der Waals surface area contributed by atoms with Crippen molar-refractivity contribution in [1.29, 1.82) is 0 Å². The number of para-hydroxylation sites is 1. The summed E-state index contributed by atoms with van der Waals surface area (Å²) in [6.45, 7) is 3.66. The van der Waals surface area contributed by atoms with Gasteiger partial charge in [-0.25, -0.2) is 9.37 Å². The summed E-state index contributed by atoms with van der Waals surface area (Å²) < 4.78 is 13.7. The van der Waals surface area contributed by atoms with Crippen LogP contribution < -0.4 is 10.2 Å². The van der Waals surface area contributed by atoms with Gasteiger partial charge in [-0.3, -0.25) is 0 Å². The van der Waals surface area contributed by atoms with Crippen molar-refractivity contribution in [2.45, 2.75) is 19.9 Å². The third-order valence-electron chi connectivity index (χ3n) is 3.06. The van der Waals surface area contributed by atoms with Crippen molar-refractivity contribution < 1.29 is 4.39 Å². The van der Waals surface area contributed by atoms with E-state index in [1.807, 2.05) is 36.3 Å². The Kier molecular flexibility index (Phi) is 4.93. The third-order valence-corrected chi connectivity index (χ3v) is 3.06. The van der Waals surface area contributed by atoms with Crippen LogP contribution in [0.15, 0.2) is 42.6 Å². The molecule has 0 fully saturated rings. The molecule has 1 N–H and O–H groups in total. The number of anilines is 2. The maximum Gasteiger partial charge on any atom is 0.146 e. The predicted octanol–water partition coefficient (Wildman–Crippen LogP) is 3.68. The van der Waals surface area contributed by atoms with Crippen molar-refractivity contribution in [1.82, 2.24) is 4.98 Å². The van der Waals surface area contributed by atoms with E-state index >= 15 is 0 Å². The van der Waals surface area contributed by atoms with E-state index in [1.54, 1.807) is 12.1 Å². The van der Waals surface area contributed by atoms with Gasteiger partial charge >= 0.3 is 0 Å². The molecule has 2 aromatic rings. The molecule has 1 aromatic carbocycles. The lowest BCUT2D eigenvalue weighted by atomic mass is 10.2. The van der Waals surface area contributed by atoms with Crippen LogP contribution in [0.3, 0.4) is 0 Å². The first kappa shape index (κ1) is 14.3. The molecule has 0 aliphatic heterocycles. The van der Waals surface area contributed by atoms with Crippen molar-refractivity contribution in [3.05, 3.63) is 54.0 Å². The maximum atomic E-state index is 13.7. The van der Waals surface area contributed by atoms with E-state index in [0.29, 0.717) is 12.2 Å². The van der Waals surface area contributed by atoms with Crippen LogP contribution >= 0.6 is 0 Å². The molecule has 0 saturated heterocycles. The minimum atomic E-state index is -0.204. The fraction of sp³-hybridized carbons (Fsp3) is 0.312. The molecule has 0 atom stereocenters. The largest absolute Gasteiger partial charge is 0.370 e. The zero-order chi connectivity index (χ0) is 14.4. The van der Waals surface area contributed by atoms with Gasteiger partial charge in [0.15, 0.2) is 0 Å². The van der Waals surface area contributed by atoms with E-state index in [1.165, 1.54) is 6.07 Å². The van der Waals surface area contributed by atoms with E-state index in [2.05, 4.69) is 17.2 Å². The molecule has 2 rings (SSSR count). The van der Waals surface area contributed by atoms with Crippen LogP contribution in [0.1, 0.15) is 18.9 Å². The zero-order valence-corrected chi connectivity index (χ0v) is 11.9. The highest BCUT2D eigenvalue weighted by Gasteiger charge is 2.07. The number of pyridine rings is 1. The first-order chi connectivity index (χ1) is 9.70. The van der Waals surface area contributed by atoms with E-state index < -0.39 is 0 Å². The predicted molar refractivity (Wildman–Crippen MR) is 81.5 cm³/mol. The van der Waals surface area contributed by atoms with Gasteiger partial charge in [-0.1, -0.05) is 25.1 Å². The Morgan fingerprint density at radius 1 is 1.20 bits per heavy atom. The monoisotopic (exact) mass is 273 g/mol. The second-order valence-corrected chi connectivity index (χ2v) is 4.79. The molecular weight excluding hydrogens is 253 g/mol. The summed E-state index contributed by atoms with van der Waals surface area (Å²) >= 11 is 0. The van der Waals surface area contributed by atoms with Crippen molar-refractivity contribution in [2.75, 3.05) is 23.8 Å². The fourth-order valence-corrected chi connectivity index (χ4v) is 2.00. The molecule has 3 nitrogen and oxygen atoms in total. The summed E-state index contributed by atoms with van der Waals surface area (Å²) in [4.78, 5) is 6.23. The zero-order valence-electron chi connectivity index (χ0n) is 11.9. The van der Waals surface area contributed by atoms with Gasteiger partial charge in [-0.05, 0) is 30.2 Å². The summed E-state index contributed by atoms with van der Waals surface area (Å²) in [5.41, 5.74) is 1.65. The Hall–Kier alpha value is -2.10. The van der Waals surface area contributed by atoms with Gasteiger partial charge in [0.25, 0.3) is 0 Å². The first-order valence-corrected chi connectivity index (χ1v) is 6.85. The number of hydrogen-bond acceptors (Lipinski definition) is 3. The summed E-state index contributed by atoms with van der Waals surface area (Å²) in [6, 6.07) is 10.8. The number of halogens is 1. The van der Waals surface area contributed by atoms with Gasteiger partial charge in [-0.15, -0.1) is 0 Å². The van der Waals surface area contributed by atoms with Crippen LogP contribution in [0, 0.1) is 5.82 Å². The number of nitrogens with zero attached hydrogens (tertiary/aromatic N) is 2. The van der Waals surface area contributed by atoms with Gasteiger partial charge < -0.3 is 10.2 Å². The Labute approximate surface area is 119 Å². The van der Waals surface area contributed by atoms with E-state index in [-0.39, 0.29) is 5.82 Å². The molecule has 20 heavy (non-hydrogen) atoms. The average Bonchev–Trinajstić information content (AvgIpc) is 2.47. The Morgan fingerprint density at radius 3 is 2.65 bits per heavy atom. The van der Waals surface area contributed by atoms with Crippen molar-refractivity contribution >= 4 is 11.5 Å². The van der Waals surface area contributed by atoms with Gasteiger partial charge in [-0.2, -0.15) is 0 Å². The number of nitrogens with one attached hydrogen (secondary N) is 1. The van der Waals surface area contributed by atoms with Gasteiger partial charge in [0, 0.05) is 26.3 Å². The lowest BCUT2D eigenvalue weighted by molar-refractivity contribution is 0.622. The van der Waals surface area contributed by atoms with Crippen LogP contribution in [-0.4, -0.2) is 18.6 Å². The highest BCUT2D eigenvalue weighted by atomic mass is 19.1. The normalized spacial score (nSPS) is 10.3.